The van der Waals surface area contributed by atoms with Gasteiger partial charge in [0.15, 0.2) is 0 Å². The summed E-state index contributed by atoms with van der Waals surface area (Å²) in [5, 5.41) is 0.901. The average molecular weight is 342 g/mol. The third-order valence-corrected chi connectivity index (χ3v) is 4.57. The minimum absolute atomic E-state index is 0.168. The summed E-state index contributed by atoms with van der Waals surface area (Å²) in [4.78, 5) is 30.6. The predicted octanol–water partition coefficient (Wildman–Crippen LogP) is 4.17. The number of aryl methyl sites for hydroxylation is 2. The molecule has 0 aliphatic rings. The molecule has 0 spiro atoms. The van der Waals surface area contributed by atoms with E-state index in [0.29, 0.717) is 16.6 Å². The fraction of sp³-hybridized carbons (Fsp3) is 0.0909. The maximum atomic E-state index is 12.7. The molecule has 4 heteroatoms. The van der Waals surface area contributed by atoms with Crippen molar-refractivity contribution in [3.63, 3.8) is 0 Å². The molecule has 0 bridgehead atoms. The van der Waals surface area contributed by atoms with Crippen molar-refractivity contribution < 1.29 is 0 Å². The zero-order valence-corrected chi connectivity index (χ0v) is 14.6. The summed E-state index contributed by atoms with van der Waals surface area (Å²) in [6.45, 7) is 4.00. The van der Waals surface area contributed by atoms with Gasteiger partial charge in [-0.05, 0) is 60.7 Å². The quantitative estimate of drug-likeness (QED) is 0.574. The van der Waals surface area contributed by atoms with Gasteiger partial charge in [-0.25, -0.2) is 0 Å². The van der Waals surface area contributed by atoms with E-state index in [2.05, 4.69) is 9.97 Å². The lowest BCUT2D eigenvalue weighted by Crippen LogP contribution is -2.12. The molecule has 4 rings (SSSR count). The summed E-state index contributed by atoms with van der Waals surface area (Å²) >= 11 is 0. The summed E-state index contributed by atoms with van der Waals surface area (Å²) in [5.41, 5.74) is 5.27. The molecule has 2 heterocycles. The van der Waals surface area contributed by atoms with Gasteiger partial charge in [-0.15, -0.1) is 0 Å². The lowest BCUT2D eigenvalue weighted by atomic mass is 9.98. The minimum atomic E-state index is -0.178. The van der Waals surface area contributed by atoms with Gasteiger partial charge < -0.3 is 9.97 Å². The summed E-state index contributed by atoms with van der Waals surface area (Å²) in [7, 11) is 0. The fourth-order valence-electron chi connectivity index (χ4n) is 3.26. The molecule has 2 aromatic heterocycles. The third-order valence-electron chi connectivity index (χ3n) is 4.57. The highest BCUT2D eigenvalue weighted by Gasteiger charge is 2.12. The van der Waals surface area contributed by atoms with Crippen LogP contribution >= 0.6 is 0 Å². The van der Waals surface area contributed by atoms with Gasteiger partial charge in [0.05, 0.1) is 5.52 Å². The maximum absolute atomic E-state index is 12.7. The van der Waals surface area contributed by atoms with Crippen molar-refractivity contribution in [2.75, 3.05) is 0 Å². The molecule has 26 heavy (non-hydrogen) atoms. The first-order valence-electron chi connectivity index (χ1n) is 8.46. The van der Waals surface area contributed by atoms with Gasteiger partial charge in [0.25, 0.3) is 11.1 Å². The van der Waals surface area contributed by atoms with Crippen LogP contribution in [0.5, 0.6) is 0 Å². The van der Waals surface area contributed by atoms with Crippen molar-refractivity contribution in [3.8, 4) is 22.3 Å². The number of H-pyrrole nitrogens is 2. The van der Waals surface area contributed by atoms with Crippen molar-refractivity contribution in [2.45, 2.75) is 13.8 Å². The Hall–Kier alpha value is -3.40. The lowest BCUT2D eigenvalue weighted by molar-refractivity contribution is 1.23. The molecule has 0 aliphatic heterocycles. The molecular weight excluding hydrogens is 324 g/mol. The number of hydrogen-bond acceptors (Lipinski definition) is 2. The van der Waals surface area contributed by atoms with E-state index in [-0.39, 0.29) is 11.1 Å². The van der Waals surface area contributed by atoms with Gasteiger partial charge in [-0.2, -0.15) is 0 Å². The first-order chi connectivity index (χ1) is 12.5. The van der Waals surface area contributed by atoms with E-state index >= 15 is 0 Å². The van der Waals surface area contributed by atoms with Crippen LogP contribution in [0.3, 0.4) is 0 Å². The summed E-state index contributed by atoms with van der Waals surface area (Å²) in [6, 6.07) is 17.3. The summed E-state index contributed by atoms with van der Waals surface area (Å²) in [5.74, 6) is 0. The Kier molecular flexibility index (Phi) is 3.81. The average Bonchev–Trinajstić information content (AvgIpc) is 2.62. The number of pyridine rings is 2. The van der Waals surface area contributed by atoms with Crippen LogP contribution in [0.25, 0.3) is 33.2 Å². The fourth-order valence-corrected chi connectivity index (χ4v) is 3.26. The highest BCUT2D eigenvalue weighted by atomic mass is 16.1. The van der Waals surface area contributed by atoms with Gasteiger partial charge >= 0.3 is 0 Å². The van der Waals surface area contributed by atoms with E-state index < -0.39 is 0 Å². The molecule has 0 radical (unpaired) electrons. The van der Waals surface area contributed by atoms with Gasteiger partial charge in [0.1, 0.15) is 0 Å². The first kappa shape index (κ1) is 16.1. The van der Waals surface area contributed by atoms with E-state index in [0.717, 1.165) is 27.6 Å². The second-order valence-electron chi connectivity index (χ2n) is 6.57. The number of benzene rings is 2. The van der Waals surface area contributed by atoms with Gasteiger partial charge in [0, 0.05) is 22.9 Å². The number of rotatable bonds is 2. The predicted molar refractivity (Wildman–Crippen MR) is 106 cm³/mol. The molecular formula is C22H18N2O2. The molecule has 2 N–H and O–H groups in total. The van der Waals surface area contributed by atoms with E-state index in [4.69, 9.17) is 0 Å². The summed E-state index contributed by atoms with van der Waals surface area (Å²) < 4.78 is 0. The van der Waals surface area contributed by atoms with Crippen LogP contribution < -0.4 is 11.1 Å². The number of aromatic nitrogens is 2. The standard InChI is InChI=1S/C22H18N2O2/c1-13-5-7-15(8-6-13)18-12-16-10-14(2)11-19(20(16)24-22(18)26)17-4-3-9-23-21(17)25/h3-12H,1-2H3,(H,23,25)(H,24,26). The zero-order chi connectivity index (χ0) is 18.3. The SMILES string of the molecule is Cc1ccc(-c2cc3cc(C)cc(-c4ccc[nH]c4=O)c3[nH]c2=O)cc1. The molecule has 0 atom stereocenters. The Morgan fingerprint density at radius 2 is 1.50 bits per heavy atom. The highest BCUT2D eigenvalue weighted by Crippen LogP contribution is 2.28. The molecule has 2 aromatic carbocycles. The maximum Gasteiger partial charge on any atom is 0.256 e. The lowest BCUT2D eigenvalue weighted by Gasteiger charge is -2.10. The number of aromatic amines is 2. The zero-order valence-electron chi connectivity index (χ0n) is 14.6. The minimum Gasteiger partial charge on any atom is -0.329 e. The van der Waals surface area contributed by atoms with Gasteiger partial charge in [-0.3, -0.25) is 9.59 Å². The second-order valence-corrected chi connectivity index (χ2v) is 6.57. The Labute approximate surface area is 150 Å². The van der Waals surface area contributed by atoms with E-state index in [1.54, 1.807) is 18.3 Å². The summed E-state index contributed by atoms with van der Waals surface area (Å²) in [6.07, 6.45) is 1.60. The van der Waals surface area contributed by atoms with Gasteiger partial charge in [-0.1, -0.05) is 29.8 Å². The van der Waals surface area contributed by atoms with Crippen molar-refractivity contribution in [1.82, 2.24) is 9.97 Å². The molecule has 0 fully saturated rings. The first-order valence-corrected chi connectivity index (χ1v) is 8.46. The van der Waals surface area contributed by atoms with E-state index in [1.807, 2.05) is 56.3 Å². The smallest absolute Gasteiger partial charge is 0.256 e. The molecule has 0 saturated heterocycles. The molecule has 0 amide bonds. The highest BCUT2D eigenvalue weighted by molar-refractivity contribution is 5.95. The van der Waals surface area contributed by atoms with Crippen LogP contribution in [0.1, 0.15) is 11.1 Å². The molecule has 128 valence electrons. The van der Waals surface area contributed by atoms with Crippen molar-refractivity contribution in [1.29, 1.82) is 0 Å². The van der Waals surface area contributed by atoms with Crippen LogP contribution in [-0.2, 0) is 0 Å². The third kappa shape index (κ3) is 2.75. The topological polar surface area (TPSA) is 65.7 Å². The van der Waals surface area contributed by atoms with E-state index in [9.17, 15) is 9.59 Å². The van der Waals surface area contributed by atoms with Crippen LogP contribution in [-0.4, -0.2) is 9.97 Å². The Bertz CT molecular complexity index is 1230. The van der Waals surface area contributed by atoms with Crippen LogP contribution in [0, 0.1) is 13.8 Å². The van der Waals surface area contributed by atoms with Crippen molar-refractivity contribution in [2.24, 2.45) is 0 Å². The monoisotopic (exact) mass is 342 g/mol. The Morgan fingerprint density at radius 3 is 2.23 bits per heavy atom. The van der Waals surface area contributed by atoms with Crippen LogP contribution in [0.15, 0.2) is 70.4 Å². The molecule has 4 nitrogen and oxygen atoms in total. The number of nitrogens with one attached hydrogen (secondary N) is 2. The van der Waals surface area contributed by atoms with Crippen LogP contribution in [0.4, 0.5) is 0 Å². The van der Waals surface area contributed by atoms with Crippen molar-refractivity contribution in [3.05, 3.63) is 92.6 Å². The molecule has 0 saturated carbocycles. The largest absolute Gasteiger partial charge is 0.329 e. The number of hydrogen-bond donors (Lipinski definition) is 2. The normalized spacial score (nSPS) is 11.0. The second kappa shape index (κ2) is 6.15. The Morgan fingerprint density at radius 1 is 0.731 bits per heavy atom. The van der Waals surface area contributed by atoms with Gasteiger partial charge in [0.2, 0.25) is 0 Å². The number of fused-ring (bicyclic) bond motifs is 1. The van der Waals surface area contributed by atoms with Crippen LogP contribution in [0.2, 0.25) is 0 Å². The molecule has 0 aliphatic carbocycles. The molecule has 0 unspecified atom stereocenters. The van der Waals surface area contributed by atoms with E-state index in [1.165, 1.54) is 0 Å². The molecule has 4 aromatic rings. The Balaban J connectivity index is 2.02. The van der Waals surface area contributed by atoms with Crippen molar-refractivity contribution >= 4 is 10.9 Å².